The number of nitrogens with one attached hydrogen (secondary N) is 1. The molecule has 1 N–H and O–H groups in total. The van der Waals surface area contributed by atoms with Gasteiger partial charge in [-0.25, -0.2) is 0 Å². The molecule has 0 fully saturated rings. The van der Waals surface area contributed by atoms with Crippen LogP contribution in [0.2, 0.25) is 0 Å². The first-order chi connectivity index (χ1) is 4.85. The van der Waals surface area contributed by atoms with Gasteiger partial charge in [0.2, 0.25) is 0 Å². The van der Waals surface area contributed by atoms with E-state index in [0.717, 1.165) is 6.54 Å². The molecule has 0 aliphatic carbocycles. The van der Waals surface area contributed by atoms with E-state index in [1.807, 2.05) is 0 Å². The quantitative estimate of drug-likeness (QED) is 0.576. The molecule has 0 bridgehead atoms. The molecule has 1 unspecified atom stereocenters. The molecule has 0 aliphatic rings. The van der Waals surface area contributed by atoms with Gasteiger partial charge in [-0.15, -0.1) is 0 Å². The van der Waals surface area contributed by atoms with E-state index in [0.29, 0.717) is 5.92 Å². The molecule has 58 valence electrons. The molecule has 0 rings (SSSR count). The van der Waals surface area contributed by atoms with Crippen molar-refractivity contribution in [2.24, 2.45) is 5.92 Å². The van der Waals surface area contributed by atoms with Crippen LogP contribution >= 0.6 is 0 Å². The monoisotopic (exact) mass is 139 g/mol. The third-order valence-corrected chi connectivity index (χ3v) is 1.51. The summed E-state index contributed by atoms with van der Waals surface area (Å²) in [5.41, 5.74) is 0. The summed E-state index contributed by atoms with van der Waals surface area (Å²) in [4.78, 5) is 0. The minimum Gasteiger partial charge on any atom is -0.391 e. The van der Waals surface area contributed by atoms with Crippen LogP contribution in [0.4, 0.5) is 0 Å². The molecular formula is C9H17N. The van der Waals surface area contributed by atoms with Gasteiger partial charge in [0.05, 0.1) is 0 Å². The van der Waals surface area contributed by atoms with E-state index in [4.69, 9.17) is 0 Å². The molecule has 0 heterocycles. The lowest BCUT2D eigenvalue weighted by molar-refractivity contribution is 0.595. The Morgan fingerprint density at radius 3 is 2.70 bits per heavy atom. The van der Waals surface area contributed by atoms with E-state index in [1.54, 1.807) is 6.20 Å². The second-order valence-corrected chi connectivity index (χ2v) is 2.31. The van der Waals surface area contributed by atoms with E-state index in [-0.39, 0.29) is 0 Å². The van der Waals surface area contributed by atoms with Crippen LogP contribution in [0.1, 0.15) is 20.3 Å². The Kier molecular flexibility index (Phi) is 5.94. The third-order valence-electron chi connectivity index (χ3n) is 1.51. The standard InChI is InChI=1S/C9H17N/c1-4-7-9(5-2)8-10-6-3/h4,6-7,9-10H,3,5,8H2,1-2H3/b7-4+. The summed E-state index contributed by atoms with van der Waals surface area (Å²) in [6, 6.07) is 0. The van der Waals surface area contributed by atoms with Crippen molar-refractivity contribution in [1.82, 2.24) is 5.32 Å². The average Bonchev–Trinajstić information content (AvgIpc) is 1.98. The van der Waals surface area contributed by atoms with Crippen LogP contribution in [0, 0.1) is 5.92 Å². The molecule has 0 saturated carbocycles. The van der Waals surface area contributed by atoms with Crippen molar-refractivity contribution in [3.63, 3.8) is 0 Å². The molecule has 1 heteroatoms. The van der Waals surface area contributed by atoms with Crippen molar-refractivity contribution >= 4 is 0 Å². The van der Waals surface area contributed by atoms with Gasteiger partial charge in [0.1, 0.15) is 0 Å². The molecule has 0 radical (unpaired) electrons. The molecule has 10 heavy (non-hydrogen) atoms. The fraction of sp³-hybridized carbons (Fsp3) is 0.556. The van der Waals surface area contributed by atoms with Crippen LogP contribution in [0.25, 0.3) is 0 Å². The van der Waals surface area contributed by atoms with Gasteiger partial charge in [0.25, 0.3) is 0 Å². The zero-order chi connectivity index (χ0) is 7.82. The van der Waals surface area contributed by atoms with Crippen molar-refractivity contribution < 1.29 is 0 Å². The van der Waals surface area contributed by atoms with Gasteiger partial charge in [-0.3, -0.25) is 0 Å². The van der Waals surface area contributed by atoms with E-state index in [9.17, 15) is 0 Å². The summed E-state index contributed by atoms with van der Waals surface area (Å²) in [5, 5.41) is 3.10. The molecule has 0 aliphatic heterocycles. The van der Waals surface area contributed by atoms with Gasteiger partial charge in [-0.1, -0.05) is 25.7 Å². The Hall–Kier alpha value is -0.720. The molecule has 1 atom stereocenters. The Morgan fingerprint density at radius 2 is 2.30 bits per heavy atom. The lowest BCUT2D eigenvalue weighted by Crippen LogP contribution is -2.15. The molecule has 0 aromatic heterocycles. The first-order valence-electron chi connectivity index (χ1n) is 3.82. The Morgan fingerprint density at radius 1 is 1.60 bits per heavy atom. The average molecular weight is 139 g/mol. The highest BCUT2D eigenvalue weighted by atomic mass is 14.8. The second-order valence-electron chi connectivity index (χ2n) is 2.31. The normalized spacial score (nSPS) is 13.4. The largest absolute Gasteiger partial charge is 0.391 e. The van der Waals surface area contributed by atoms with Gasteiger partial charge < -0.3 is 5.32 Å². The van der Waals surface area contributed by atoms with Gasteiger partial charge in [0.15, 0.2) is 0 Å². The summed E-state index contributed by atoms with van der Waals surface area (Å²) in [6.07, 6.45) is 7.24. The highest BCUT2D eigenvalue weighted by molar-refractivity contribution is 4.86. The zero-order valence-electron chi connectivity index (χ0n) is 6.93. The second kappa shape index (κ2) is 6.40. The first-order valence-corrected chi connectivity index (χ1v) is 3.82. The van der Waals surface area contributed by atoms with E-state index < -0.39 is 0 Å². The molecular weight excluding hydrogens is 122 g/mol. The van der Waals surface area contributed by atoms with Gasteiger partial charge in [-0.05, 0) is 25.5 Å². The van der Waals surface area contributed by atoms with Gasteiger partial charge in [-0.2, -0.15) is 0 Å². The Balaban J connectivity index is 3.49. The van der Waals surface area contributed by atoms with Gasteiger partial charge in [0, 0.05) is 6.54 Å². The Bertz CT molecular complexity index is 105. The van der Waals surface area contributed by atoms with Gasteiger partial charge >= 0.3 is 0 Å². The van der Waals surface area contributed by atoms with Crippen molar-refractivity contribution in [3.8, 4) is 0 Å². The van der Waals surface area contributed by atoms with Crippen molar-refractivity contribution in [1.29, 1.82) is 0 Å². The summed E-state index contributed by atoms with van der Waals surface area (Å²) in [6.45, 7) is 8.84. The number of allylic oxidation sites excluding steroid dienone is 1. The third kappa shape index (κ3) is 4.19. The summed E-state index contributed by atoms with van der Waals surface area (Å²) < 4.78 is 0. The first kappa shape index (κ1) is 9.28. The van der Waals surface area contributed by atoms with Crippen molar-refractivity contribution in [2.75, 3.05) is 6.54 Å². The topological polar surface area (TPSA) is 12.0 Å². The molecule has 0 spiro atoms. The molecule has 0 aromatic rings. The number of rotatable bonds is 5. The zero-order valence-corrected chi connectivity index (χ0v) is 6.93. The molecule has 0 amide bonds. The minimum absolute atomic E-state index is 0.656. The fourth-order valence-corrected chi connectivity index (χ4v) is 0.855. The van der Waals surface area contributed by atoms with Crippen LogP contribution in [0.15, 0.2) is 24.9 Å². The lowest BCUT2D eigenvalue weighted by Gasteiger charge is -2.08. The van der Waals surface area contributed by atoms with Crippen molar-refractivity contribution in [3.05, 3.63) is 24.9 Å². The van der Waals surface area contributed by atoms with E-state index in [2.05, 4.69) is 37.9 Å². The smallest absolute Gasteiger partial charge is 0.0204 e. The predicted molar refractivity (Wildman–Crippen MR) is 46.8 cm³/mol. The number of hydrogen-bond donors (Lipinski definition) is 1. The van der Waals surface area contributed by atoms with Crippen LogP contribution in [-0.4, -0.2) is 6.54 Å². The fourth-order valence-electron chi connectivity index (χ4n) is 0.855. The van der Waals surface area contributed by atoms with Crippen LogP contribution in [0.5, 0.6) is 0 Å². The Labute approximate surface area is 63.8 Å². The minimum atomic E-state index is 0.656. The maximum absolute atomic E-state index is 3.59. The lowest BCUT2D eigenvalue weighted by atomic mass is 10.1. The predicted octanol–water partition coefficient (Wildman–Crippen LogP) is 2.32. The van der Waals surface area contributed by atoms with E-state index in [1.165, 1.54) is 6.42 Å². The summed E-state index contributed by atoms with van der Waals surface area (Å²) in [5.74, 6) is 0.656. The number of hydrogen-bond acceptors (Lipinski definition) is 1. The molecule has 1 nitrogen and oxygen atoms in total. The SMILES string of the molecule is C=CNCC(/C=C/C)CC. The summed E-state index contributed by atoms with van der Waals surface area (Å²) in [7, 11) is 0. The van der Waals surface area contributed by atoms with Crippen LogP contribution < -0.4 is 5.32 Å². The van der Waals surface area contributed by atoms with Crippen molar-refractivity contribution in [2.45, 2.75) is 20.3 Å². The maximum Gasteiger partial charge on any atom is 0.0204 e. The van der Waals surface area contributed by atoms with E-state index >= 15 is 0 Å². The highest BCUT2D eigenvalue weighted by Gasteiger charge is 1.96. The van der Waals surface area contributed by atoms with Crippen LogP contribution in [-0.2, 0) is 0 Å². The van der Waals surface area contributed by atoms with Crippen LogP contribution in [0.3, 0.4) is 0 Å². The summed E-state index contributed by atoms with van der Waals surface area (Å²) >= 11 is 0. The molecule has 0 saturated heterocycles. The molecule has 0 aromatic carbocycles. The maximum atomic E-state index is 3.59. The highest BCUT2D eigenvalue weighted by Crippen LogP contribution is 2.01.